The fourth-order valence-electron chi connectivity index (χ4n) is 3.57. The summed E-state index contributed by atoms with van der Waals surface area (Å²) in [7, 11) is -3.08. The molecular formula is C29H33NO6Si. The maximum absolute atomic E-state index is 13.0. The molecule has 3 rings (SSSR count). The molecule has 0 spiro atoms. The van der Waals surface area contributed by atoms with E-state index in [1.54, 1.807) is 42.5 Å². The van der Waals surface area contributed by atoms with E-state index in [2.05, 4.69) is 13.0 Å². The number of unbranched alkanes of at least 4 members (excludes halogenated alkanes) is 2. The molecule has 37 heavy (non-hydrogen) atoms. The van der Waals surface area contributed by atoms with E-state index in [4.69, 9.17) is 19.5 Å². The summed E-state index contributed by atoms with van der Waals surface area (Å²) in [5.74, 6) is 0.817. The molecule has 0 aliphatic carbocycles. The summed E-state index contributed by atoms with van der Waals surface area (Å²) >= 11 is 0. The summed E-state index contributed by atoms with van der Waals surface area (Å²) in [5.41, 5.74) is 2.77. The molecule has 0 aliphatic rings. The van der Waals surface area contributed by atoms with Crippen LogP contribution in [-0.4, -0.2) is 37.3 Å². The Morgan fingerprint density at radius 2 is 1.49 bits per heavy atom. The van der Waals surface area contributed by atoms with Gasteiger partial charge in [0.05, 0.1) is 24.8 Å². The average molecular weight is 520 g/mol. The summed E-state index contributed by atoms with van der Waals surface area (Å²) in [4.78, 5) is 32.2. The molecule has 0 radical (unpaired) electrons. The molecule has 194 valence electrons. The van der Waals surface area contributed by atoms with Crippen molar-refractivity contribution in [2.75, 3.05) is 13.2 Å². The van der Waals surface area contributed by atoms with E-state index in [1.807, 2.05) is 24.3 Å². The van der Waals surface area contributed by atoms with E-state index in [1.165, 1.54) is 6.55 Å². The van der Waals surface area contributed by atoms with Gasteiger partial charge in [0.2, 0.25) is 0 Å². The Morgan fingerprint density at radius 1 is 0.865 bits per heavy atom. The lowest BCUT2D eigenvalue weighted by atomic mass is 10.0. The van der Waals surface area contributed by atoms with Crippen LogP contribution in [0.2, 0.25) is 12.6 Å². The number of carbonyl (C=O) groups is 1. The van der Waals surface area contributed by atoms with Gasteiger partial charge < -0.3 is 23.8 Å². The predicted octanol–water partition coefficient (Wildman–Crippen LogP) is 5.84. The van der Waals surface area contributed by atoms with Gasteiger partial charge in [-0.05, 0) is 79.4 Å². The number of esters is 1. The van der Waals surface area contributed by atoms with E-state index < -0.39 is 14.5 Å². The lowest BCUT2D eigenvalue weighted by Crippen LogP contribution is -2.29. The zero-order valence-electron chi connectivity index (χ0n) is 21.3. The first-order valence-corrected chi connectivity index (χ1v) is 15.1. The van der Waals surface area contributed by atoms with Crippen molar-refractivity contribution in [3.63, 3.8) is 0 Å². The summed E-state index contributed by atoms with van der Waals surface area (Å²) < 4.78 is 17.3. The van der Waals surface area contributed by atoms with Crippen molar-refractivity contribution < 1.29 is 28.6 Å². The van der Waals surface area contributed by atoms with Gasteiger partial charge in [0.25, 0.3) is 0 Å². The maximum Gasteiger partial charge on any atom is 0.347 e. The molecule has 0 saturated heterocycles. The van der Waals surface area contributed by atoms with Gasteiger partial charge in [-0.2, -0.15) is 5.26 Å². The van der Waals surface area contributed by atoms with E-state index in [-0.39, 0.29) is 5.56 Å². The highest BCUT2D eigenvalue weighted by molar-refractivity contribution is 6.63. The molecule has 0 atom stereocenters. The first-order valence-electron chi connectivity index (χ1n) is 12.5. The van der Waals surface area contributed by atoms with Crippen LogP contribution in [-0.2, 0) is 0 Å². The minimum Gasteiger partial charge on any atom is -0.493 e. The van der Waals surface area contributed by atoms with Crippen LogP contribution in [0.4, 0.5) is 0 Å². The molecule has 3 aromatic carbocycles. The third kappa shape index (κ3) is 9.06. The Hall–Kier alpha value is -3.64. The van der Waals surface area contributed by atoms with Crippen molar-refractivity contribution in [1.82, 2.24) is 0 Å². The minimum absolute atomic E-state index is 0.280. The summed E-state index contributed by atoms with van der Waals surface area (Å²) in [6.07, 6.45) is 3.17. The molecule has 3 aromatic rings. The van der Waals surface area contributed by atoms with Crippen LogP contribution < -0.4 is 14.2 Å². The first-order chi connectivity index (χ1) is 17.8. The smallest absolute Gasteiger partial charge is 0.347 e. The monoisotopic (exact) mass is 519 g/mol. The van der Waals surface area contributed by atoms with Crippen molar-refractivity contribution >= 4 is 14.5 Å². The fourth-order valence-corrected chi connectivity index (χ4v) is 4.49. The Balaban J connectivity index is 1.69. The molecule has 0 amide bonds. The second-order valence-electron chi connectivity index (χ2n) is 8.99. The molecule has 0 heterocycles. The standard InChI is InChI=1S/C29H33NO6Si/c1-3-4-17-34-26-15-16-27(28(20-26)35-18-5-6-19-37(2,32)33)29(31)36-25-13-11-24(12-14-25)23-9-7-22(21-30)8-10-23/h7-16,20,32-33H,3-6,17-19H2,1-2H3. The van der Waals surface area contributed by atoms with Crippen molar-refractivity contribution in [3.8, 4) is 34.4 Å². The lowest BCUT2D eigenvalue weighted by molar-refractivity contribution is 0.0730. The normalized spacial score (nSPS) is 11.0. The summed E-state index contributed by atoms with van der Waals surface area (Å²) in [6.45, 7) is 4.46. The van der Waals surface area contributed by atoms with Crippen molar-refractivity contribution in [1.29, 1.82) is 5.26 Å². The zero-order chi connectivity index (χ0) is 26.7. The fraction of sp³-hybridized carbons (Fsp3) is 0.310. The van der Waals surface area contributed by atoms with Gasteiger partial charge in [-0.25, -0.2) is 4.79 Å². The number of ether oxygens (including phenoxy) is 3. The third-order valence-corrected chi connectivity index (χ3v) is 6.95. The minimum atomic E-state index is -3.08. The van der Waals surface area contributed by atoms with Crippen molar-refractivity contribution in [2.45, 2.75) is 45.2 Å². The Labute approximate surface area is 219 Å². The number of benzene rings is 3. The molecule has 0 aliphatic heterocycles. The second kappa shape index (κ2) is 13.6. The molecule has 0 unspecified atom stereocenters. The van der Waals surface area contributed by atoms with Gasteiger partial charge in [0.15, 0.2) is 0 Å². The van der Waals surface area contributed by atoms with Crippen LogP contribution in [0.3, 0.4) is 0 Å². The first kappa shape index (κ1) is 27.9. The van der Waals surface area contributed by atoms with Crippen LogP contribution in [0.15, 0.2) is 66.7 Å². The average Bonchev–Trinajstić information content (AvgIpc) is 2.88. The maximum atomic E-state index is 13.0. The molecule has 0 aromatic heterocycles. The Bertz CT molecular complexity index is 1200. The van der Waals surface area contributed by atoms with E-state index in [0.717, 1.165) is 24.0 Å². The topological polar surface area (TPSA) is 109 Å². The van der Waals surface area contributed by atoms with Crippen LogP contribution in [0, 0.1) is 11.3 Å². The predicted molar refractivity (Wildman–Crippen MR) is 144 cm³/mol. The van der Waals surface area contributed by atoms with Crippen LogP contribution in [0.1, 0.15) is 48.5 Å². The molecule has 7 nitrogen and oxygen atoms in total. The number of nitrogens with zero attached hydrogens (tertiary/aromatic N) is 1. The molecule has 2 N–H and O–H groups in total. The van der Waals surface area contributed by atoms with Gasteiger partial charge in [0, 0.05) is 6.07 Å². The molecule has 0 fully saturated rings. The molecule has 0 saturated carbocycles. The summed E-state index contributed by atoms with van der Waals surface area (Å²) in [5, 5.41) is 8.97. The third-order valence-electron chi connectivity index (χ3n) is 5.65. The number of rotatable bonds is 13. The molecular weight excluding hydrogens is 486 g/mol. The largest absolute Gasteiger partial charge is 0.493 e. The number of nitriles is 1. The highest BCUT2D eigenvalue weighted by Gasteiger charge is 2.20. The Kier molecular flexibility index (Phi) is 10.3. The van der Waals surface area contributed by atoms with E-state index in [9.17, 15) is 14.4 Å². The highest BCUT2D eigenvalue weighted by atomic mass is 28.4. The van der Waals surface area contributed by atoms with Crippen LogP contribution in [0.25, 0.3) is 11.1 Å². The summed E-state index contributed by atoms with van der Waals surface area (Å²) in [6, 6.07) is 21.9. The van der Waals surface area contributed by atoms with Gasteiger partial charge in [0.1, 0.15) is 22.8 Å². The Morgan fingerprint density at radius 3 is 2.11 bits per heavy atom. The molecule has 0 bridgehead atoms. The number of hydrogen-bond acceptors (Lipinski definition) is 7. The van der Waals surface area contributed by atoms with Crippen molar-refractivity contribution in [3.05, 3.63) is 77.9 Å². The van der Waals surface area contributed by atoms with Crippen molar-refractivity contribution in [2.24, 2.45) is 0 Å². The zero-order valence-corrected chi connectivity index (χ0v) is 22.3. The van der Waals surface area contributed by atoms with Gasteiger partial charge in [-0.1, -0.05) is 37.6 Å². The second-order valence-corrected chi connectivity index (χ2v) is 11.9. The number of carbonyl (C=O) groups excluding carboxylic acids is 1. The lowest BCUT2D eigenvalue weighted by Gasteiger charge is -2.15. The number of hydrogen-bond donors (Lipinski definition) is 2. The van der Waals surface area contributed by atoms with Crippen LogP contribution in [0.5, 0.6) is 17.2 Å². The molecule has 8 heteroatoms. The SMILES string of the molecule is CCCCOc1ccc(C(=O)Oc2ccc(-c3ccc(C#N)cc3)cc2)c(OCCCC[Si](C)(O)O)c1. The quantitative estimate of drug-likeness (QED) is 0.126. The highest BCUT2D eigenvalue weighted by Crippen LogP contribution is 2.28. The van der Waals surface area contributed by atoms with E-state index >= 15 is 0 Å². The van der Waals surface area contributed by atoms with Gasteiger partial charge >= 0.3 is 14.5 Å². The van der Waals surface area contributed by atoms with E-state index in [0.29, 0.717) is 54.9 Å². The van der Waals surface area contributed by atoms with Gasteiger partial charge in [-0.3, -0.25) is 0 Å². The van der Waals surface area contributed by atoms with Gasteiger partial charge in [-0.15, -0.1) is 0 Å². The van der Waals surface area contributed by atoms with Crippen LogP contribution >= 0.6 is 0 Å².